The van der Waals surface area contributed by atoms with Crippen LogP contribution in [0.1, 0.15) is 12.8 Å². The third kappa shape index (κ3) is 3.90. The van der Waals surface area contributed by atoms with Gasteiger partial charge < -0.3 is 20.1 Å². The van der Waals surface area contributed by atoms with Gasteiger partial charge in [-0.25, -0.2) is 9.78 Å². The Labute approximate surface area is 178 Å². The number of urea groups is 1. The fraction of sp³-hybridized carbons (Fsp3) is 0.381. The molecule has 3 aromatic rings. The Kier molecular flexibility index (Phi) is 5.14. The molecule has 2 bridgehead atoms. The largest absolute Gasteiger partial charge is 0.492 e. The zero-order chi connectivity index (χ0) is 20.5. The van der Waals surface area contributed by atoms with Crippen LogP contribution in [0.5, 0.6) is 16.7 Å². The van der Waals surface area contributed by atoms with Crippen LogP contribution in [-0.4, -0.2) is 64.1 Å². The van der Waals surface area contributed by atoms with Gasteiger partial charge in [0.1, 0.15) is 18.1 Å². The summed E-state index contributed by atoms with van der Waals surface area (Å²) in [6.07, 6.45) is 3.80. The number of carbonyl (C=O) groups is 1. The number of amides is 2. The summed E-state index contributed by atoms with van der Waals surface area (Å²) >= 11 is 1.47. The second-order valence-corrected chi connectivity index (χ2v) is 8.61. The summed E-state index contributed by atoms with van der Waals surface area (Å²) in [5, 5.41) is 0.571. The molecular weight excluding hydrogens is 402 g/mol. The molecule has 2 amide bonds. The average Bonchev–Trinajstić information content (AvgIpc) is 3.27. The third-order valence-electron chi connectivity index (χ3n) is 5.66. The van der Waals surface area contributed by atoms with E-state index in [1.807, 2.05) is 41.3 Å². The number of ether oxygens (including phenoxy) is 2. The number of likely N-dealkylation sites (tertiary alicyclic amines) is 1. The SMILES string of the molecule is NC(=O)N1[C@@H]2CC[C@H]1CN(CCOc1ccc(Oc3nc4ncccc4s3)cc1)C2. The summed E-state index contributed by atoms with van der Waals surface area (Å²) in [5.41, 5.74) is 6.21. The van der Waals surface area contributed by atoms with Gasteiger partial charge in [0.15, 0.2) is 5.65 Å². The van der Waals surface area contributed by atoms with Crippen molar-refractivity contribution in [1.29, 1.82) is 0 Å². The fourth-order valence-electron chi connectivity index (χ4n) is 4.32. The summed E-state index contributed by atoms with van der Waals surface area (Å²) < 4.78 is 12.7. The van der Waals surface area contributed by atoms with Gasteiger partial charge in [-0.3, -0.25) is 4.90 Å². The quantitative estimate of drug-likeness (QED) is 0.652. The number of nitrogens with two attached hydrogens (primary N) is 1. The minimum absolute atomic E-state index is 0.246. The highest BCUT2D eigenvalue weighted by molar-refractivity contribution is 7.20. The molecule has 2 aliphatic heterocycles. The van der Waals surface area contributed by atoms with E-state index in [-0.39, 0.29) is 18.1 Å². The average molecular weight is 426 g/mol. The highest BCUT2D eigenvalue weighted by Gasteiger charge is 2.41. The molecule has 8 nitrogen and oxygen atoms in total. The van der Waals surface area contributed by atoms with E-state index in [9.17, 15) is 4.79 Å². The smallest absolute Gasteiger partial charge is 0.315 e. The van der Waals surface area contributed by atoms with Crippen molar-refractivity contribution >= 4 is 27.7 Å². The predicted octanol–water partition coefficient (Wildman–Crippen LogP) is 3.09. The van der Waals surface area contributed by atoms with Gasteiger partial charge in [0.25, 0.3) is 5.19 Å². The van der Waals surface area contributed by atoms with Crippen molar-refractivity contribution in [3.8, 4) is 16.7 Å². The number of hydrogen-bond donors (Lipinski definition) is 1. The zero-order valence-electron chi connectivity index (χ0n) is 16.4. The number of piperazine rings is 1. The lowest BCUT2D eigenvalue weighted by Crippen LogP contribution is -2.57. The summed E-state index contributed by atoms with van der Waals surface area (Å²) in [6, 6.07) is 11.6. The number of thiazole rings is 1. The minimum atomic E-state index is -0.289. The molecule has 9 heteroatoms. The number of primary amides is 1. The first-order valence-corrected chi connectivity index (χ1v) is 10.9. The van der Waals surface area contributed by atoms with Crippen LogP contribution in [0, 0.1) is 0 Å². The highest BCUT2D eigenvalue weighted by Crippen LogP contribution is 2.31. The Morgan fingerprint density at radius 3 is 2.57 bits per heavy atom. The molecule has 2 aromatic heterocycles. The van der Waals surface area contributed by atoms with E-state index in [1.165, 1.54) is 11.3 Å². The monoisotopic (exact) mass is 425 g/mol. The van der Waals surface area contributed by atoms with Gasteiger partial charge in [0.2, 0.25) is 0 Å². The van der Waals surface area contributed by atoms with Crippen molar-refractivity contribution in [2.24, 2.45) is 5.73 Å². The van der Waals surface area contributed by atoms with Gasteiger partial charge in [-0.05, 0) is 49.2 Å². The number of benzene rings is 1. The van der Waals surface area contributed by atoms with E-state index in [0.29, 0.717) is 23.2 Å². The van der Waals surface area contributed by atoms with Crippen molar-refractivity contribution in [3.63, 3.8) is 0 Å². The topological polar surface area (TPSA) is 93.8 Å². The lowest BCUT2D eigenvalue weighted by atomic mass is 10.2. The molecule has 0 saturated carbocycles. The Hall–Kier alpha value is -2.91. The molecule has 4 heterocycles. The van der Waals surface area contributed by atoms with E-state index in [1.54, 1.807) is 6.20 Å². The summed E-state index contributed by atoms with van der Waals surface area (Å²) in [7, 11) is 0. The van der Waals surface area contributed by atoms with Crippen molar-refractivity contribution in [2.45, 2.75) is 24.9 Å². The van der Waals surface area contributed by atoms with Gasteiger partial charge in [0, 0.05) is 37.9 Å². The molecule has 2 atom stereocenters. The minimum Gasteiger partial charge on any atom is -0.492 e. The molecule has 0 spiro atoms. The van der Waals surface area contributed by atoms with E-state index >= 15 is 0 Å². The van der Waals surface area contributed by atoms with E-state index < -0.39 is 0 Å². The standard InChI is InChI=1S/C21H23N5O3S/c22-20(27)26-14-3-4-15(26)13-25(12-14)10-11-28-16-5-7-17(8-6-16)29-21-24-19-18(30-21)2-1-9-23-19/h1-2,5-9,14-15H,3-4,10-13H2,(H2,22,27)/t14-,15+. The van der Waals surface area contributed by atoms with Crippen LogP contribution in [0.2, 0.25) is 0 Å². The Bertz CT molecular complexity index is 994. The van der Waals surface area contributed by atoms with Gasteiger partial charge in [-0.2, -0.15) is 4.98 Å². The van der Waals surface area contributed by atoms with Crippen molar-refractivity contribution in [3.05, 3.63) is 42.6 Å². The third-order valence-corrected chi connectivity index (χ3v) is 6.55. The number of rotatable bonds is 6. The second-order valence-electron chi connectivity index (χ2n) is 7.62. The maximum absolute atomic E-state index is 11.6. The number of carbonyl (C=O) groups excluding carboxylic acids is 1. The molecule has 1 aromatic carbocycles. The van der Waals surface area contributed by atoms with Crippen LogP contribution in [0.3, 0.4) is 0 Å². The molecule has 0 unspecified atom stereocenters. The maximum atomic E-state index is 11.6. The molecule has 2 N–H and O–H groups in total. The Morgan fingerprint density at radius 2 is 1.87 bits per heavy atom. The van der Waals surface area contributed by atoms with Crippen LogP contribution < -0.4 is 15.2 Å². The fourth-order valence-corrected chi connectivity index (χ4v) is 5.12. The molecule has 2 fully saturated rings. The van der Waals surface area contributed by atoms with E-state index in [0.717, 1.165) is 42.9 Å². The van der Waals surface area contributed by atoms with Crippen LogP contribution in [-0.2, 0) is 0 Å². The van der Waals surface area contributed by atoms with E-state index in [4.69, 9.17) is 15.2 Å². The first kappa shape index (κ1) is 19.1. The van der Waals surface area contributed by atoms with Gasteiger partial charge >= 0.3 is 6.03 Å². The lowest BCUT2D eigenvalue weighted by molar-refractivity contribution is 0.0830. The number of hydrogen-bond acceptors (Lipinski definition) is 7. The molecule has 156 valence electrons. The Morgan fingerprint density at radius 1 is 1.13 bits per heavy atom. The zero-order valence-corrected chi connectivity index (χ0v) is 17.3. The summed E-state index contributed by atoms with van der Waals surface area (Å²) in [5.74, 6) is 1.51. The number of pyridine rings is 1. The predicted molar refractivity (Wildman–Crippen MR) is 114 cm³/mol. The van der Waals surface area contributed by atoms with Crippen LogP contribution >= 0.6 is 11.3 Å². The van der Waals surface area contributed by atoms with Crippen molar-refractivity contribution < 1.29 is 14.3 Å². The number of fused-ring (bicyclic) bond motifs is 3. The van der Waals surface area contributed by atoms with Gasteiger partial charge in [0.05, 0.1) is 4.70 Å². The second kappa shape index (κ2) is 8.08. The first-order valence-electron chi connectivity index (χ1n) is 10.1. The van der Waals surface area contributed by atoms with Crippen LogP contribution in [0.15, 0.2) is 42.6 Å². The van der Waals surface area contributed by atoms with Crippen molar-refractivity contribution in [1.82, 2.24) is 19.8 Å². The molecule has 2 aliphatic rings. The molecule has 2 saturated heterocycles. The maximum Gasteiger partial charge on any atom is 0.315 e. The highest BCUT2D eigenvalue weighted by atomic mass is 32.1. The van der Waals surface area contributed by atoms with Gasteiger partial charge in [-0.1, -0.05) is 11.3 Å². The van der Waals surface area contributed by atoms with Crippen molar-refractivity contribution in [2.75, 3.05) is 26.2 Å². The number of aromatic nitrogens is 2. The molecule has 0 radical (unpaired) electrons. The molecular formula is C21H23N5O3S. The lowest BCUT2D eigenvalue weighted by Gasteiger charge is -2.40. The number of nitrogens with zero attached hydrogens (tertiary/aromatic N) is 4. The molecule has 0 aliphatic carbocycles. The van der Waals surface area contributed by atoms with E-state index in [2.05, 4.69) is 14.9 Å². The summed E-state index contributed by atoms with van der Waals surface area (Å²) in [6.45, 7) is 3.16. The Balaban J connectivity index is 1.11. The normalized spacial score (nSPS) is 21.1. The summed E-state index contributed by atoms with van der Waals surface area (Å²) in [4.78, 5) is 24.4. The first-order chi connectivity index (χ1) is 14.7. The van der Waals surface area contributed by atoms with Gasteiger partial charge in [-0.15, -0.1) is 0 Å². The molecule has 5 rings (SSSR count). The van der Waals surface area contributed by atoms with Crippen LogP contribution in [0.25, 0.3) is 10.3 Å². The van der Waals surface area contributed by atoms with Crippen LogP contribution in [0.4, 0.5) is 4.79 Å². The molecule has 30 heavy (non-hydrogen) atoms.